The second kappa shape index (κ2) is 6.17. The second-order valence-electron chi connectivity index (χ2n) is 5.03. The van der Waals surface area contributed by atoms with E-state index < -0.39 is 0 Å². The Balaban J connectivity index is 1.77. The molecule has 2 heterocycles. The van der Waals surface area contributed by atoms with Gasteiger partial charge in [-0.15, -0.1) is 0 Å². The molecule has 1 unspecified atom stereocenters. The van der Waals surface area contributed by atoms with Gasteiger partial charge < -0.3 is 14.8 Å². The molecule has 1 saturated heterocycles. The molecule has 0 saturated carbocycles. The molecule has 1 fully saturated rings. The molecular formula is C13H24N4. The minimum absolute atomic E-state index is 0.831. The van der Waals surface area contributed by atoms with Crippen LogP contribution >= 0.6 is 0 Å². The quantitative estimate of drug-likeness (QED) is 0.832. The van der Waals surface area contributed by atoms with Gasteiger partial charge in [0.2, 0.25) is 0 Å². The summed E-state index contributed by atoms with van der Waals surface area (Å²) in [5, 5.41) is 3.29. The molecule has 1 aliphatic rings. The van der Waals surface area contributed by atoms with Crippen molar-refractivity contribution in [1.82, 2.24) is 19.8 Å². The maximum atomic E-state index is 4.26. The number of aryl methyl sites for hydroxylation is 1. The Morgan fingerprint density at radius 2 is 2.35 bits per heavy atom. The summed E-state index contributed by atoms with van der Waals surface area (Å²) in [5.74, 6) is 1.95. The number of likely N-dealkylation sites (tertiary alicyclic amines) is 1. The second-order valence-corrected chi connectivity index (χ2v) is 5.03. The monoisotopic (exact) mass is 236 g/mol. The summed E-state index contributed by atoms with van der Waals surface area (Å²) in [6.07, 6.45) is 6.68. The highest BCUT2D eigenvalue weighted by molar-refractivity contribution is 4.88. The zero-order valence-corrected chi connectivity index (χ0v) is 11.0. The average molecular weight is 236 g/mol. The number of hydrogen-bond donors (Lipinski definition) is 1. The van der Waals surface area contributed by atoms with E-state index in [0.29, 0.717) is 0 Å². The Kier molecular flexibility index (Phi) is 4.57. The molecule has 0 aromatic carbocycles. The fourth-order valence-electron chi connectivity index (χ4n) is 2.70. The Hall–Kier alpha value is -0.870. The fourth-order valence-corrected chi connectivity index (χ4v) is 2.70. The van der Waals surface area contributed by atoms with Gasteiger partial charge in [-0.1, -0.05) is 0 Å². The number of nitrogens with zero attached hydrogens (tertiary/aromatic N) is 3. The highest BCUT2D eigenvalue weighted by Gasteiger charge is 2.18. The van der Waals surface area contributed by atoms with Crippen molar-refractivity contribution in [2.24, 2.45) is 5.92 Å². The lowest BCUT2D eigenvalue weighted by atomic mass is 9.98. The van der Waals surface area contributed by atoms with Crippen molar-refractivity contribution >= 4 is 0 Å². The maximum absolute atomic E-state index is 4.26. The summed E-state index contributed by atoms with van der Waals surface area (Å²) in [7, 11) is 2.05. The van der Waals surface area contributed by atoms with E-state index in [1.807, 2.05) is 13.2 Å². The first kappa shape index (κ1) is 12.6. The summed E-state index contributed by atoms with van der Waals surface area (Å²) in [6.45, 7) is 7.94. The average Bonchev–Trinajstić information content (AvgIpc) is 2.73. The molecule has 1 N–H and O–H groups in total. The maximum Gasteiger partial charge on any atom is 0.105 e. The summed E-state index contributed by atoms with van der Waals surface area (Å²) in [4.78, 5) is 6.85. The number of piperidine rings is 1. The van der Waals surface area contributed by atoms with E-state index in [1.54, 1.807) is 0 Å². The first-order valence-corrected chi connectivity index (χ1v) is 6.64. The Morgan fingerprint density at radius 3 is 3.06 bits per heavy atom. The summed E-state index contributed by atoms with van der Waals surface area (Å²) in [5.41, 5.74) is 0. The van der Waals surface area contributed by atoms with E-state index >= 15 is 0 Å². The van der Waals surface area contributed by atoms with Crippen LogP contribution in [0, 0.1) is 12.8 Å². The van der Waals surface area contributed by atoms with Crippen LogP contribution in [0.4, 0.5) is 0 Å². The van der Waals surface area contributed by atoms with Crippen molar-refractivity contribution in [3.63, 3.8) is 0 Å². The molecule has 1 atom stereocenters. The van der Waals surface area contributed by atoms with Gasteiger partial charge in [-0.25, -0.2) is 4.98 Å². The Labute approximate surface area is 104 Å². The van der Waals surface area contributed by atoms with Crippen LogP contribution in [0.15, 0.2) is 12.4 Å². The van der Waals surface area contributed by atoms with Crippen molar-refractivity contribution < 1.29 is 0 Å². The number of imidazole rings is 1. The standard InChI is InChI=1S/C13H24N4/c1-12-15-5-7-17(12)9-8-16-6-3-4-13(11-16)10-14-2/h5,7,13-14H,3-4,6,8-11H2,1-2H3. The summed E-state index contributed by atoms with van der Waals surface area (Å²) >= 11 is 0. The van der Waals surface area contributed by atoms with E-state index in [4.69, 9.17) is 0 Å². The van der Waals surface area contributed by atoms with Gasteiger partial charge in [0.1, 0.15) is 5.82 Å². The fraction of sp³-hybridized carbons (Fsp3) is 0.769. The first-order valence-electron chi connectivity index (χ1n) is 6.64. The zero-order valence-electron chi connectivity index (χ0n) is 11.0. The topological polar surface area (TPSA) is 33.1 Å². The minimum Gasteiger partial charge on any atom is -0.334 e. The molecule has 0 spiro atoms. The third kappa shape index (κ3) is 3.54. The molecule has 0 radical (unpaired) electrons. The van der Waals surface area contributed by atoms with E-state index in [1.165, 1.54) is 25.9 Å². The molecule has 1 aromatic rings. The predicted molar refractivity (Wildman–Crippen MR) is 70.1 cm³/mol. The van der Waals surface area contributed by atoms with Crippen LogP contribution in [0.5, 0.6) is 0 Å². The van der Waals surface area contributed by atoms with Crippen molar-refractivity contribution in [3.05, 3.63) is 18.2 Å². The van der Waals surface area contributed by atoms with Crippen LogP contribution in [0.25, 0.3) is 0 Å². The molecular weight excluding hydrogens is 212 g/mol. The van der Waals surface area contributed by atoms with E-state index in [-0.39, 0.29) is 0 Å². The van der Waals surface area contributed by atoms with Gasteiger partial charge in [0, 0.05) is 32.0 Å². The van der Waals surface area contributed by atoms with Crippen molar-refractivity contribution in [1.29, 1.82) is 0 Å². The van der Waals surface area contributed by atoms with Crippen molar-refractivity contribution in [2.45, 2.75) is 26.3 Å². The molecule has 0 amide bonds. The summed E-state index contributed by atoms with van der Waals surface area (Å²) < 4.78 is 2.24. The highest BCUT2D eigenvalue weighted by atomic mass is 15.2. The van der Waals surface area contributed by atoms with E-state index in [2.05, 4.69) is 32.9 Å². The summed E-state index contributed by atoms with van der Waals surface area (Å²) in [6, 6.07) is 0. The highest BCUT2D eigenvalue weighted by Crippen LogP contribution is 2.15. The minimum atomic E-state index is 0.831. The normalized spacial score (nSPS) is 21.9. The first-order chi connectivity index (χ1) is 8.29. The SMILES string of the molecule is CNCC1CCCN(CCn2ccnc2C)C1. The van der Waals surface area contributed by atoms with Gasteiger partial charge in [0.05, 0.1) is 0 Å². The molecule has 2 rings (SSSR count). The van der Waals surface area contributed by atoms with Crippen LogP contribution in [0.3, 0.4) is 0 Å². The largest absolute Gasteiger partial charge is 0.334 e. The van der Waals surface area contributed by atoms with Gasteiger partial charge in [0.25, 0.3) is 0 Å². The molecule has 96 valence electrons. The van der Waals surface area contributed by atoms with Gasteiger partial charge >= 0.3 is 0 Å². The molecule has 0 bridgehead atoms. The molecule has 17 heavy (non-hydrogen) atoms. The van der Waals surface area contributed by atoms with E-state index in [0.717, 1.165) is 31.4 Å². The van der Waals surface area contributed by atoms with Crippen molar-refractivity contribution in [3.8, 4) is 0 Å². The predicted octanol–water partition coefficient (Wildman–Crippen LogP) is 1.12. The zero-order chi connectivity index (χ0) is 12.1. The Bertz CT molecular complexity index is 332. The smallest absolute Gasteiger partial charge is 0.105 e. The van der Waals surface area contributed by atoms with Gasteiger partial charge in [-0.3, -0.25) is 0 Å². The Morgan fingerprint density at radius 1 is 1.47 bits per heavy atom. The van der Waals surface area contributed by atoms with Crippen molar-refractivity contribution in [2.75, 3.05) is 33.2 Å². The molecule has 1 aromatic heterocycles. The molecule has 0 aliphatic carbocycles. The lowest BCUT2D eigenvalue weighted by Crippen LogP contribution is -2.40. The van der Waals surface area contributed by atoms with Crippen LogP contribution in [-0.2, 0) is 6.54 Å². The lowest BCUT2D eigenvalue weighted by Gasteiger charge is -2.32. The van der Waals surface area contributed by atoms with Crippen LogP contribution in [0.2, 0.25) is 0 Å². The molecule has 4 nitrogen and oxygen atoms in total. The van der Waals surface area contributed by atoms with Crippen LogP contribution in [0.1, 0.15) is 18.7 Å². The number of hydrogen-bond acceptors (Lipinski definition) is 3. The van der Waals surface area contributed by atoms with Gasteiger partial charge in [-0.2, -0.15) is 0 Å². The van der Waals surface area contributed by atoms with E-state index in [9.17, 15) is 0 Å². The molecule has 4 heteroatoms. The van der Waals surface area contributed by atoms with Crippen LogP contribution < -0.4 is 5.32 Å². The molecule has 1 aliphatic heterocycles. The third-order valence-corrected chi connectivity index (χ3v) is 3.68. The number of rotatable bonds is 5. The number of aromatic nitrogens is 2. The van der Waals surface area contributed by atoms with Gasteiger partial charge in [-0.05, 0) is 45.8 Å². The third-order valence-electron chi connectivity index (χ3n) is 3.68. The number of nitrogens with one attached hydrogen (secondary N) is 1. The lowest BCUT2D eigenvalue weighted by molar-refractivity contribution is 0.168. The van der Waals surface area contributed by atoms with Gasteiger partial charge in [0.15, 0.2) is 0 Å². The van der Waals surface area contributed by atoms with Crippen LogP contribution in [-0.4, -0.2) is 47.7 Å².